The molecule has 0 aliphatic heterocycles. The van der Waals surface area contributed by atoms with Gasteiger partial charge < -0.3 is 0 Å². The molecular weight excluding hydrogens is 1100 g/mol. The van der Waals surface area contributed by atoms with E-state index in [2.05, 4.69) is 92.8 Å². The third-order valence-electron chi connectivity index (χ3n) is 15.9. The van der Waals surface area contributed by atoms with Gasteiger partial charge in [0.05, 0.1) is 0 Å². The molecular formula is C65H45BF10SiZr. The number of halogens is 10. The third-order valence-corrected chi connectivity index (χ3v) is 50.2. The Balaban J connectivity index is 1.35. The van der Waals surface area contributed by atoms with E-state index in [9.17, 15) is 4.39 Å². The summed E-state index contributed by atoms with van der Waals surface area (Å²) in [4.78, 5) is 0. The molecule has 0 heterocycles. The number of hydrogen-bond donors (Lipinski definition) is 0. The van der Waals surface area contributed by atoms with Crippen LogP contribution in [0.5, 0.6) is 0 Å². The summed E-state index contributed by atoms with van der Waals surface area (Å²) in [7, 11) is 0. The van der Waals surface area contributed by atoms with E-state index in [1.54, 1.807) is 13.0 Å². The molecule has 11 rings (SSSR count). The first-order valence-corrected chi connectivity index (χ1v) is 35.6. The Morgan fingerprint density at radius 1 is 0.410 bits per heavy atom. The van der Waals surface area contributed by atoms with Gasteiger partial charge in [0.15, 0.2) is 0 Å². The summed E-state index contributed by atoms with van der Waals surface area (Å²) in [6, 6.07) is 57.6. The fraction of sp³-hybridized carbons (Fsp3) is 0.0923. The van der Waals surface area contributed by atoms with Crippen LogP contribution in [0.25, 0.3) is 45.0 Å². The first kappa shape index (κ1) is 52.8. The van der Waals surface area contributed by atoms with Gasteiger partial charge in [-0.05, 0) is 0 Å². The monoisotopic (exact) mass is 1140 g/mol. The topological polar surface area (TPSA) is 0 Å². The molecule has 0 radical (unpaired) electrons. The maximum absolute atomic E-state index is 17.0. The van der Waals surface area contributed by atoms with Crippen molar-refractivity contribution in [3.05, 3.63) is 279 Å². The molecule has 13 heteroatoms. The van der Waals surface area contributed by atoms with Crippen molar-refractivity contribution in [2.24, 2.45) is 0 Å². The number of fused-ring (bicyclic) bond motifs is 2. The Hall–Kier alpha value is -7.21. The van der Waals surface area contributed by atoms with E-state index in [0.29, 0.717) is 11.9 Å². The Bertz CT molecular complexity index is 3850. The van der Waals surface area contributed by atoms with Crippen molar-refractivity contribution in [1.82, 2.24) is 0 Å². The van der Waals surface area contributed by atoms with Gasteiger partial charge in [0.1, 0.15) is 0 Å². The second kappa shape index (κ2) is 20.9. The zero-order chi connectivity index (χ0) is 54.8. The molecule has 2 atom stereocenters. The van der Waals surface area contributed by atoms with Gasteiger partial charge in [0.2, 0.25) is 0 Å². The standard InChI is InChI=1S/C36H20BF10Si.C17H15.2C6H5.Zr/c1-3-18-22(25-29(40)33(44)36(47)34(45)30(25)41)23-20(26(18)37-48(2)17-12-8-5-9-13-17)15-14-19(21(23)16-10-6-4-7-11-16)24-27(38)31(42)35(46)32(43)28(24)39;1-2-13-11-15-9-6-10-16(17(15)12-13)14-7-4-3-5-8-14;2*1-2-4-6-5-3-1;/h4-15H,3H2,1-2H3;3-12H,2H2,1H3;2*1-5H;. The SMILES string of the molecule is CCC1=Cc2c(-c3ccccc3)cccc2[CH]1[Zr]([c]1ccccc1)([c]1ccccc1)[Si](C)(/B=C1/C(CC)=C(c2c(F)c(F)c(F)c(F)c2F)c2c1ccc(-c1c(F)c(F)c(F)c(F)c1F)c2-c1ccccc1)c1ccccc1. The second-order valence-corrected chi connectivity index (χ2v) is 43.5. The summed E-state index contributed by atoms with van der Waals surface area (Å²) in [5, 5.41) is -2.67. The molecule has 0 N–H and O–H groups in total. The molecule has 0 spiro atoms. The first-order valence-electron chi connectivity index (χ1n) is 25.5. The van der Waals surface area contributed by atoms with E-state index in [4.69, 9.17) is 0 Å². The number of benzene rings is 9. The van der Waals surface area contributed by atoms with Crippen molar-refractivity contribution >= 4 is 40.4 Å². The van der Waals surface area contributed by atoms with Crippen LogP contribution in [-0.4, -0.2) is 17.0 Å². The molecule has 386 valence electrons. The van der Waals surface area contributed by atoms with Crippen molar-refractivity contribution < 1.29 is 63.3 Å². The van der Waals surface area contributed by atoms with Crippen molar-refractivity contribution in [2.75, 3.05) is 0 Å². The van der Waals surface area contributed by atoms with Gasteiger partial charge in [0, 0.05) is 0 Å². The van der Waals surface area contributed by atoms with Gasteiger partial charge in [-0.15, -0.1) is 0 Å². The molecule has 0 bridgehead atoms. The fourth-order valence-electron chi connectivity index (χ4n) is 12.6. The van der Waals surface area contributed by atoms with Crippen LogP contribution >= 0.6 is 0 Å². The minimum atomic E-state index is -5.02. The zero-order valence-corrected chi connectivity index (χ0v) is 45.7. The van der Waals surface area contributed by atoms with E-state index in [1.165, 1.54) is 42.0 Å². The molecule has 0 nitrogen and oxygen atoms in total. The molecule has 0 fully saturated rings. The Kier molecular flexibility index (Phi) is 14.1. The van der Waals surface area contributed by atoms with Crippen molar-refractivity contribution in [1.29, 1.82) is 0 Å². The Morgan fingerprint density at radius 3 is 1.36 bits per heavy atom. The van der Waals surface area contributed by atoms with Gasteiger partial charge in [0.25, 0.3) is 0 Å². The summed E-state index contributed by atoms with van der Waals surface area (Å²) in [5.41, 5.74) is 2.10. The van der Waals surface area contributed by atoms with Crippen LogP contribution in [0.3, 0.4) is 0 Å². The van der Waals surface area contributed by atoms with Gasteiger partial charge in [-0.25, -0.2) is 0 Å². The summed E-state index contributed by atoms with van der Waals surface area (Å²) in [5.74, 6) is -22.5. The van der Waals surface area contributed by atoms with Gasteiger partial charge >= 0.3 is 453 Å². The molecule has 9 aromatic rings. The van der Waals surface area contributed by atoms with E-state index in [0.717, 1.165) is 34.0 Å². The van der Waals surface area contributed by atoms with Crippen molar-refractivity contribution in [3.8, 4) is 33.4 Å². The fourth-order valence-corrected chi connectivity index (χ4v) is 51.4. The van der Waals surface area contributed by atoms with Crippen LogP contribution in [0, 0.1) is 58.2 Å². The van der Waals surface area contributed by atoms with E-state index in [1.807, 2.05) is 72.8 Å². The molecule has 0 aromatic heterocycles. The molecule has 2 aliphatic rings. The van der Waals surface area contributed by atoms with Gasteiger partial charge in [-0.2, -0.15) is 0 Å². The van der Waals surface area contributed by atoms with Crippen LogP contribution in [0.4, 0.5) is 43.9 Å². The van der Waals surface area contributed by atoms with Crippen LogP contribution in [0.1, 0.15) is 58.1 Å². The predicted molar refractivity (Wildman–Crippen MR) is 292 cm³/mol. The van der Waals surface area contributed by atoms with Crippen LogP contribution < -0.4 is 11.7 Å². The van der Waals surface area contributed by atoms with Crippen LogP contribution in [0.2, 0.25) is 6.55 Å². The van der Waals surface area contributed by atoms with Gasteiger partial charge in [-0.3, -0.25) is 0 Å². The molecule has 0 amide bonds. The molecule has 9 aromatic carbocycles. The Labute approximate surface area is 450 Å². The van der Waals surface area contributed by atoms with Gasteiger partial charge in [-0.1, -0.05) is 0 Å². The summed E-state index contributed by atoms with van der Waals surface area (Å²) < 4.78 is 161. The van der Waals surface area contributed by atoms with E-state index in [-0.39, 0.29) is 37.9 Å². The van der Waals surface area contributed by atoms with Crippen LogP contribution in [-0.2, 0) is 19.4 Å². The van der Waals surface area contributed by atoms with Crippen LogP contribution in [0.15, 0.2) is 193 Å². The zero-order valence-electron chi connectivity index (χ0n) is 42.2. The number of allylic oxidation sites excluding steroid dienone is 2. The average molecular weight is 1150 g/mol. The summed E-state index contributed by atoms with van der Waals surface area (Å²) in [6.07, 6.45) is 2.89. The van der Waals surface area contributed by atoms with E-state index < -0.39 is 105 Å². The molecule has 0 saturated heterocycles. The molecule has 2 aliphatic carbocycles. The van der Waals surface area contributed by atoms with Crippen molar-refractivity contribution in [3.63, 3.8) is 0 Å². The molecule has 2 unspecified atom stereocenters. The second-order valence-electron chi connectivity index (χ2n) is 19.7. The number of rotatable bonds is 12. The molecule has 78 heavy (non-hydrogen) atoms. The minimum absolute atomic E-state index is 0.0889. The average Bonchev–Trinajstić information content (AvgIpc) is 4.21. The quantitative estimate of drug-likeness (QED) is 0.0495. The number of hydrogen-bond acceptors (Lipinski definition) is 0. The predicted octanol–water partition coefficient (Wildman–Crippen LogP) is 15.9. The van der Waals surface area contributed by atoms with Crippen molar-refractivity contribution in [2.45, 2.75) is 36.9 Å². The summed E-state index contributed by atoms with van der Waals surface area (Å²) in [6.45, 7) is 8.32. The summed E-state index contributed by atoms with van der Waals surface area (Å²) >= 11 is -5.02. The third kappa shape index (κ3) is 8.08. The molecule has 0 saturated carbocycles. The maximum atomic E-state index is 17.0. The first-order chi connectivity index (χ1) is 37.7. The Morgan fingerprint density at radius 2 is 0.859 bits per heavy atom. The van der Waals surface area contributed by atoms with E-state index >= 15 is 39.5 Å². The normalized spacial score (nSPS) is 15.3.